The Balaban J connectivity index is 3.07. The number of carboxylic acid groups (broad SMARTS) is 1. The lowest BCUT2D eigenvalue weighted by Crippen LogP contribution is -2.43. The third-order valence-electron chi connectivity index (χ3n) is 3.49. The standard InChI is InChI=1S/C17H27NO8/c1-9(2)24-8-11-5-6-13(12(7-11)18-4)25-16(26-17(22)23)14(10(3)19)15(20)21/h5-7,9-10,14,16-19,22-23H,8H2,1-4H3,(H,20,21). The zero-order valence-corrected chi connectivity index (χ0v) is 15.2. The molecule has 1 rings (SSSR count). The van der Waals surface area contributed by atoms with E-state index in [2.05, 4.69) is 5.32 Å². The molecule has 0 heterocycles. The molecule has 1 aromatic carbocycles. The van der Waals surface area contributed by atoms with E-state index in [9.17, 15) is 15.0 Å². The van der Waals surface area contributed by atoms with Crippen molar-refractivity contribution < 1.29 is 39.4 Å². The third-order valence-corrected chi connectivity index (χ3v) is 3.49. The molecule has 3 unspecified atom stereocenters. The Morgan fingerprint density at radius 3 is 2.31 bits per heavy atom. The molecule has 0 aliphatic carbocycles. The van der Waals surface area contributed by atoms with Gasteiger partial charge in [0.05, 0.1) is 24.5 Å². The lowest BCUT2D eigenvalue weighted by molar-refractivity contribution is -0.303. The van der Waals surface area contributed by atoms with Crippen LogP contribution in [-0.4, -0.2) is 58.4 Å². The molecule has 0 radical (unpaired) electrons. The second kappa shape index (κ2) is 10.3. The fourth-order valence-corrected chi connectivity index (χ4v) is 2.21. The van der Waals surface area contributed by atoms with E-state index in [1.54, 1.807) is 25.2 Å². The van der Waals surface area contributed by atoms with Crippen molar-refractivity contribution in [3.63, 3.8) is 0 Å². The van der Waals surface area contributed by atoms with Crippen molar-refractivity contribution >= 4 is 11.7 Å². The number of carboxylic acids is 1. The van der Waals surface area contributed by atoms with Crippen molar-refractivity contribution in [1.82, 2.24) is 0 Å². The van der Waals surface area contributed by atoms with Gasteiger partial charge in [0, 0.05) is 7.05 Å². The minimum absolute atomic E-state index is 0.0650. The second-order valence-corrected chi connectivity index (χ2v) is 5.99. The van der Waals surface area contributed by atoms with E-state index >= 15 is 0 Å². The van der Waals surface area contributed by atoms with E-state index in [-0.39, 0.29) is 11.9 Å². The summed E-state index contributed by atoms with van der Waals surface area (Å²) in [5.74, 6) is -2.72. The Kier molecular flexibility index (Phi) is 8.76. The molecule has 0 aliphatic rings. The molecule has 1 aromatic rings. The van der Waals surface area contributed by atoms with Crippen LogP contribution >= 0.6 is 0 Å². The highest BCUT2D eigenvalue weighted by Gasteiger charge is 2.37. The Labute approximate surface area is 152 Å². The van der Waals surface area contributed by atoms with Gasteiger partial charge in [0.15, 0.2) is 0 Å². The molecular weight excluding hydrogens is 346 g/mol. The number of hydrogen-bond donors (Lipinski definition) is 5. The van der Waals surface area contributed by atoms with Gasteiger partial charge in [-0.2, -0.15) is 0 Å². The van der Waals surface area contributed by atoms with Gasteiger partial charge < -0.3 is 35.2 Å². The van der Waals surface area contributed by atoms with Crippen LogP contribution in [0.5, 0.6) is 5.75 Å². The van der Waals surface area contributed by atoms with E-state index in [0.29, 0.717) is 12.3 Å². The highest BCUT2D eigenvalue weighted by molar-refractivity contribution is 5.71. The van der Waals surface area contributed by atoms with Crippen LogP contribution in [0.3, 0.4) is 0 Å². The first-order chi connectivity index (χ1) is 12.1. The predicted molar refractivity (Wildman–Crippen MR) is 92.4 cm³/mol. The summed E-state index contributed by atoms with van der Waals surface area (Å²) in [4.78, 5) is 11.4. The molecule has 0 bridgehead atoms. The Morgan fingerprint density at radius 2 is 1.85 bits per heavy atom. The van der Waals surface area contributed by atoms with E-state index in [1.807, 2.05) is 13.8 Å². The maximum atomic E-state index is 11.4. The fourth-order valence-electron chi connectivity index (χ4n) is 2.21. The van der Waals surface area contributed by atoms with Gasteiger partial charge in [-0.25, -0.2) is 0 Å². The van der Waals surface area contributed by atoms with Crippen molar-refractivity contribution in [2.24, 2.45) is 5.92 Å². The summed E-state index contributed by atoms with van der Waals surface area (Å²) < 4.78 is 15.8. The SMILES string of the molecule is CNc1cc(COC(C)C)ccc1OC(OC(O)O)C(C(=O)O)C(C)O. The van der Waals surface area contributed by atoms with Crippen LogP contribution < -0.4 is 10.1 Å². The quantitative estimate of drug-likeness (QED) is 0.355. The summed E-state index contributed by atoms with van der Waals surface area (Å²) in [6.45, 7) is 3.19. The second-order valence-electron chi connectivity index (χ2n) is 5.99. The number of ether oxygens (including phenoxy) is 3. The first kappa shape index (κ1) is 22.1. The molecule has 5 N–H and O–H groups in total. The van der Waals surface area contributed by atoms with Crippen LogP contribution in [0, 0.1) is 5.92 Å². The smallest absolute Gasteiger partial charge is 0.315 e. The Bertz CT molecular complexity index is 576. The van der Waals surface area contributed by atoms with E-state index < -0.39 is 30.8 Å². The van der Waals surface area contributed by atoms with Crippen molar-refractivity contribution in [2.75, 3.05) is 12.4 Å². The molecule has 3 atom stereocenters. The number of aliphatic hydroxyl groups is 3. The molecular formula is C17H27NO8. The van der Waals surface area contributed by atoms with Gasteiger partial charge in [-0.15, -0.1) is 0 Å². The zero-order valence-electron chi connectivity index (χ0n) is 15.2. The van der Waals surface area contributed by atoms with Crippen molar-refractivity contribution in [1.29, 1.82) is 0 Å². The molecule has 0 saturated carbocycles. The normalized spacial score (nSPS) is 15.0. The molecule has 0 fully saturated rings. The number of hydrogen-bond acceptors (Lipinski definition) is 8. The van der Waals surface area contributed by atoms with Gasteiger partial charge >= 0.3 is 5.97 Å². The molecule has 148 valence electrons. The highest BCUT2D eigenvalue weighted by atomic mass is 16.8. The van der Waals surface area contributed by atoms with Crippen LogP contribution in [0.25, 0.3) is 0 Å². The molecule has 0 saturated heterocycles. The summed E-state index contributed by atoms with van der Waals surface area (Å²) in [6.07, 6.45) is -2.92. The Morgan fingerprint density at radius 1 is 1.19 bits per heavy atom. The number of anilines is 1. The number of carbonyl (C=O) groups is 1. The first-order valence-electron chi connectivity index (χ1n) is 8.17. The van der Waals surface area contributed by atoms with E-state index in [1.165, 1.54) is 6.92 Å². The summed E-state index contributed by atoms with van der Waals surface area (Å²) in [6, 6.07) is 5.05. The number of aliphatic hydroxyl groups excluding tert-OH is 2. The molecule has 9 heteroatoms. The first-order valence-corrected chi connectivity index (χ1v) is 8.17. The minimum atomic E-state index is -2.27. The van der Waals surface area contributed by atoms with Crippen molar-refractivity contribution in [3.8, 4) is 5.75 Å². The van der Waals surface area contributed by atoms with Gasteiger partial charge in [-0.1, -0.05) is 6.07 Å². The summed E-state index contributed by atoms with van der Waals surface area (Å²) in [5, 5.41) is 40.0. The molecule has 9 nitrogen and oxygen atoms in total. The van der Waals surface area contributed by atoms with Crippen LogP contribution in [0.2, 0.25) is 0 Å². The topological polar surface area (TPSA) is 138 Å². The third kappa shape index (κ3) is 6.77. The van der Waals surface area contributed by atoms with Crippen molar-refractivity contribution in [3.05, 3.63) is 23.8 Å². The molecule has 0 aromatic heterocycles. The zero-order chi connectivity index (χ0) is 19.9. The molecule has 0 aliphatic heterocycles. The summed E-state index contributed by atoms with van der Waals surface area (Å²) in [7, 11) is 1.65. The van der Waals surface area contributed by atoms with Crippen LogP contribution in [0.15, 0.2) is 18.2 Å². The summed E-state index contributed by atoms with van der Waals surface area (Å²) >= 11 is 0. The van der Waals surface area contributed by atoms with E-state index in [0.717, 1.165) is 5.56 Å². The van der Waals surface area contributed by atoms with Crippen LogP contribution in [0.1, 0.15) is 26.3 Å². The van der Waals surface area contributed by atoms with Gasteiger partial charge in [-0.05, 0) is 38.5 Å². The Hall–Kier alpha value is -1.91. The highest BCUT2D eigenvalue weighted by Crippen LogP contribution is 2.29. The average molecular weight is 373 g/mol. The molecule has 26 heavy (non-hydrogen) atoms. The van der Waals surface area contributed by atoms with Crippen LogP contribution in [0.4, 0.5) is 5.69 Å². The van der Waals surface area contributed by atoms with Gasteiger partial charge in [0.2, 0.25) is 6.29 Å². The van der Waals surface area contributed by atoms with Gasteiger partial charge in [0.1, 0.15) is 11.7 Å². The minimum Gasteiger partial charge on any atom is -0.481 e. The number of aliphatic carboxylic acids is 1. The summed E-state index contributed by atoms with van der Waals surface area (Å²) in [5.41, 5.74) is 1.38. The van der Waals surface area contributed by atoms with Gasteiger partial charge in [-0.3, -0.25) is 9.53 Å². The van der Waals surface area contributed by atoms with Crippen LogP contribution in [-0.2, 0) is 20.9 Å². The maximum absolute atomic E-state index is 11.4. The predicted octanol–water partition coefficient (Wildman–Crippen LogP) is 0.725. The lowest BCUT2D eigenvalue weighted by atomic mass is 10.0. The number of rotatable bonds is 11. The van der Waals surface area contributed by atoms with Gasteiger partial charge in [0.25, 0.3) is 6.48 Å². The van der Waals surface area contributed by atoms with Crippen molar-refractivity contribution in [2.45, 2.75) is 52.4 Å². The maximum Gasteiger partial charge on any atom is 0.315 e. The number of nitrogens with one attached hydrogen (secondary N) is 1. The number of benzene rings is 1. The average Bonchev–Trinajstić information content (AvgIpc) is 2.52. The largest absolute Gasteiger partial charge is 0.481 e. The van der Waals surface area contributed by atoms with E-state index in [4.69, 9.17) is 24.4 Å². The molecule has 0 spiro atoms. The monoisotopic (exact) mass is 373 g/mol. The fraction of sp³-hybridized carbons (Fsp3) is 0.588. The lowest BCUT2D eigenvalue weighted by Gasteiger charge is -2.28. The molecule has 0 amide bonds.